The Morgan fingerprint density at radius 3 is 2.05 bits per heavy atom. The van der Waals surface area contributed by atoms with E-state index in [2.05, 4.69) is 33.9 Å². The molecule has 2 N–H and O–H groups in total. The first-order valence-corrected chi connectivity index (χ1v) is 6.36. The Bertz CT molecular complexity index is 368. The lowest BCUT2D eigenvalue weighted by Crippen LogP contribution is -2.30. The lowest BCUT2D eigenvalue weighted by atomic mass is 9.66. The van der Waals surface area contributed by atoms with Crippen LogP contribution < -0.4 is 0 Å². The number of carbonyl (C=O) groups is 2. The molecule has 1 saturated carbocycles. The van der Waals surface area contributed by atoms with Gasteiger partial charge in [0.2, 0.25) is 0 Å². The smallest absolute Gasteiger partial charge is 0.331 e. The van der Waals surface area contributed by atoms with E-state index < -0.39 is 11.9 Å². The molecule has 0 aromatic carbocycles. The largest absolute Gasteiger partial charge is 0.478 e. The van der Waals surface area contributed by atoms with Crippen molar-refractivity contribution in [3.63, 3.8) is 0 Å². The maximum Gasteiger partial charge on any atom is 0.331 e. The molecule has 1 fully saturated rings. The topological polar surface area (TPSA) is 74.6 Å². The van der Waals surface area contributed by atoms with Gasteiger partial charge in [-0.05, 0) is 36.5 Å². The van der Waals surface area contributed by atoms with Gasteiger partial charge < -0.3 is 10.2 Å². The number of aliphatic carboxylic acids is 2. The Morgan fingerprint density at radius 1 is 1.26 bits per heavy atom. The van der Waals surface area contributed by atoms with Crippen LogP contribution in [0, 0.1) is 17.3 Å². The Morgan fingerprint density at radius 2 is 1.74 bits per heavy atom. The van der Waals surface area contributed by atoms with E-state index in [1.807, 2.05) is 0 Å². The van der Waals surface area contributed by atoms with Crippen LogP contribution >= 0.6 is 0 Å². The molecule has 0 bridgehead atoms. The highest BCUT2D eigenvalue weighted by Crippen LogP contribution is 2.43. The Kier molecular flexibility index (Phi) is 6.53. The van der Waals surface area contributed by atoms with Crippen molar-refractivity contribution in [1.29, 1.82) is 0 Å². The molecular formula is C15H24O4. The number of hydrogen-bond acceptors (Lipinski definition) is 2. The molecule has 1 aliphatic rings. The zero-order chi connectivity index (χ0) is 15.2. The molecule has 0 aromatic heterocycles. The summed E-state index contributed by atoms with van der Waals surface area (Å²) < 4.78 is 0. The van der Waals surface area contributed by atoms with Crippen LogP contribution in [0.1, 0.15) is 40.0 Å². The van der Waals surface area contributed by atoms with Gasteiger partial charge in [0, 0.05) is 11.6 Å². The lowest BCUT2D eigenvalue weighted by molar-refractivity contribution is -0.134. The van der Waals surface area contributed by atoms with Gasteiger partial charge in [-0.1, -0.05) is 33.9 Å². The maximum absolute atomic E-state index is 10.8. The fraction of sp³-hybridized carbons (Fsp3) is 0.600. The summed E-state index contributed by atoms with van der Waals surface area (Å²) in [7, 11) is 0. The molecule has 4 nitrogen and oxygen atoms in total. The van der Waals surface area contributed by atoms with Gasteiger partial charge in [0.1, 0.15) is 0 Å². The standard InChI is InChI=1S/C12H20O2.C3H4O2/c1-8-5-10(9(2)11(13)14)7-12(3,4)6-8;1-2-3(4)5/h8,10H,2,5-7H2,1,3-4H3,(H,13,14);2H,1H2,(H,4,5). The van der Waals surface area contributed by atoms with Crippen molar-refractivity contribution >= 4 is 11.9 Å². The molecule has 2 unspecified atom stereocenters. The molecule has 1 rings (SSSR count). The second-order valence-electron chi connectivity index (χ2n) is 5.98. The van der Waals surface area contributed by atoms with E-state index in [0.717, 1.165) is 18.9 Å². The van der Waals surface area contributed by atoms with Crippen molar-refractivity contribution in [3.8, 4) is 0 Å². The molecule has 0 heterocycles. The van der Waals surface area contributed by atoms with Gasteiger partial charge in [-0.3, -0.25) is 0 Å². The second kappa shape index (κ2) is 7.12. The molecule has 4 heteroatoms. The fourth-order valence-corrected chi connectivity index (χ4v) is 2.79. The van der Waals surface area contributed by atoms with Crippen molar-refractivity contribution in [1.82, 2.24) is 0 Å². The summed E-state index contributed by atoms with van der Waals surface area (Å²) in [6.45, 7) is 13.3. The minimum atomic E-state index is -0.981. The van der Waals surface area contributed by atoms with E-state index in [4.69, 9.17) is 10.2 Å². The summed E-state index contributed by atoms with van der Waals surface area (Å²) in [5, 5.41) is 16.5. The second-order valence-corrected chi connectivity index (χ2v) is 5.98. The first-order chi connectivity index (χ1) is 8.59. The van der Waals surface area contributed by atoms with Gasteiger partial charge in [0.25, 0.3) is 0 Å². The van der Waals surface area contributed by atoms with Crippen molar-refractivity contribution in [2.45, 2.75) is 40.0 Å². The van der Waals surface area contributed by atoms with Gasteiger partial charge >= 0.3 is 11.9 Å². The highest BCUT2D eigenvalue weighted by atomic mass is 16.4. The van der Waals surface area contributed by atoms with E-state index in [0.29, 0.717) is 11.5 Å². The number of carboxylic acids is 2. The summed E-state index contributed by atoms with van der Waals surface area (Å²) in [5.74, 6) is -1.03. The molecule has 0 saturated heterocycles. The van der Waals surface area contributed by atoms with Gasteiger partial charge in [-0.25, -0.2) is 9.59 Å². The maximum atomic E-state index is 10.8. The van der Waals surface area contributed by atoms with Gasteiger partial charge in [0.15, 0.2) is 0 Å². The third kappa shape index (κ3) is 6.79. The van der Waals surface area contributed by atoms with E-state index >= 15 is 0 Å². The quantitative estimate of drug-likeness (QED) is 0.770. The SMILES string of the molecule is C=C(C(=O)O)C1CC(C)CC(C)(C)C1.C=CC(=O)O. The number of hydrogen-bond donors (Lipinski definition) is 2. The van der Waals surface area contributed by atoms with Crippen molar-refractivity contribution in [2.75, 3.05) is 0 Å². The minimum Gasteiger partial charge on any atom is -0.478 e. The molecule has 108 valence electrons. The van der Waals surface area contributed by atoms with Gasteiger partial charge in [-0.2, -0.15) is 0 Å². The molecule has 0 aromatic rings. The molecule has 2 atom stereocenters. The first kappa shape index (κ1) is 17.4. The van der Waals surface area contributed by atoms with Crippen LogP contribution in [0.25, 0.3) is 0 Å². The molecule has 1 aliphatic carbocycles. The normalized spacial score (nSPS) is 24.6. The van der Waals surface area contributed by atoms with Crippen LogP contribution in [0.5, 0.6) is 0 Å². The Hall–Kier alpha value is -1.58. The van der Waals surface area contributed by atoms with Crippen molar-refractivity contribution in [2.24, 2.45) is 17.3 Å². The van der Waals surface area contributed by atoms with Crippen LogP contribution in [0.4, 0.5) is 0 Å². The predicted molar refractivity (Wildman–Crippen MR) is 74.9 cm³/mol. The predicted octanol–water partition coefficient (Wildman–Crippen LogP) is 3.35. The van der Waals surface area contributed by atoms with E-state index in [1.54, 1.807) is 0 Å². The summed E-state index contributed by atoms with van der Waals surface area (Å²) in [6.07, 6.45) is 3.97. The minimum absolute atomic E-state index is 0.172. The Balaban J connectivity index is 0.000000555. The summed E-state index contributed by atoms with van der Waals surface area (Å²) in [4.78, 5) is 20.1. The van der Waals surface area contributed by atoms with Gasteiger partial charge in [0.05, 0.1) is 0 Å². The third-order valence-electron chi connectivity index (χ3n) is 3.33. The zero-order valence-corrected chi connectivity index (χ0v) is 12.0. The molecule has 0 amide bonds. The van der Waals surface area contributed by atoms with Crippen molar-refractivity contribution in [3.05, 3.63) is 24.8 Å². The highest BCUT2D eigenvalue weighted by molar-refractivity contribution is 5.86. The van der Waals surface area contributed by atoms with Crippen LogP contribution in [0.2, 0.25) is 0 Å². The summed E-state index contributed by atoms with van der Waals surface area (Å²) in [6, 6.07) is 0. The van der Waals surface area contributed by atoms with Crippen LogP contribution in [-0.4, -0.2) is 22.2 Å². The third-order valence-corrected chi connectivity index (χ3v) is 3.33. The Labute approximate surface area is 114 Å². The van der Waals surface area contributed by atoms with Crippen LogP contribution in [0.3, 0.4) is 0 Å². The first-order valence-electron chi connectivity index (χ1n) is 6.36. The fourth-order valence-electron chi connectivity index (χ4n) is 2.79. The average molecular weight is 268 g/mol. The van der Waals surface area contributed by atoms with E-state index in [1.165, 1.54) is 6.42 Å². The van der Waals surface area contributed by atoms with Gasteiger partial charge in [-0.15, -0.1) is 0 Å². The number of carboxylic acid groups (broad SMARTS) is 2. The molecule has 0 aliphatic heterocycles. The summed E-state index contributed by atoms with van der Waals surface area (Å²) >= 11 is 0. The molecule has 0 spiro atoms. The lowest BCUT2D eigenvalue weighted by Gasteiger charge is -2.39. The molecule has 0 radical (unpaired) electrons. The van der Waals surface area contributed by atoms with Crippen LogP contribution in [0.15, 0.2) is 24.8 Å². The number of rotatable bonds is 3. The van der Waals surface area contributed by atoms with Crippen molar-refractivity contribution < 1.29 is 19.8 Å². The van der Waals surface area contributed by atoms with Crippen LogP contribution in [-0.2, 0) is 9.59 Å². The summed E-state index contributed by atoms with van der Waals surface area (Å²) in [5.41, 5.74) is 0.658. The average Bonchev–Trinajstić information content (AvgIpc) is 2.25. The molecule has 19 heavy (non-hydrogen) atoms. The van der Waals surface area contributed by atoms with E-state index in [9.17, 15) is 9.59 Å². The zero-order valence-electron chi connectivity index (χ0n) is 12.0. The monoisotopic (exact) mass is 268 g/mol. The molecular weight excluding hydrogens is 244 g/mol. The van der Waals surface area contributed by atoms with E-state index in [-0.39, 0.29) is 11.3 Å². The highest BCUT2D eigenvalue weighted by Gasteiger charge is 2.34.